The lowest BCUT2D eigenvalue weighted by atomic mass is 9.83. The van der Waals surface area contributed by atoms with E-state index >= 15 is 0 Å². The Balaban J connectivity index is 2.02. The molecule has 110 valence electrons. The lowest BCUT2D eigenvalue weighted by Gasteiger charge is -2.23. The molecule has 1 aromatic heterocycles. The SMILES string of the molecule is OC/C(=C/c1ccc(Br)c2cccnc12)C1CCCCC1. The Bertz CT molecular complexity index is 659. The number of hydrogen-bond donors (Lipinski definition) is 1. The number of fused-ring (bicyclic) bond motifs is 1. The fraction of sp³-hybridized carbons (Fsp3) is 0.389. The van der Waals surface area contributed by atoms with Gasteiger partial charge in [-0.05, 0) is 36.5 Å². The summed E-state index contributed by atoms with van der Waals surface area (Å²) in [5.41, 5.74) is 3.25. The average molecular weight is 346 g/mol. The van der Waals surface area contributed by atoms with E-state index in [9.17, 15) is 5.11 Å². The number of benzene rings is 1. The minimum Gasteiger partial charge on any atom is -0.392 e. The molecule has 3 heteroatoms. The third-order valence-electron chi connectivity index (χ3n) is 4.40. The van der Waals surface area contributed by atoms with Gasteiger partial charge in [-0.15, -0.1) is 0 Å². The number of pyridine rings is 1. The maximum Gasteiger partial charge on any atom is 0.0785 e. The normalized spacial score (nSPS) is 17.3. The monoisotopic (exact) mass is 345 g/mol. The number of aromatic nitrogens is 1. The molecule has 0 aliphatic heterocycles. The maximum absolute atomic E-state index is 9.77. The predicted octanol–water partition coefficient (Wildman–Crippen LogP) is 4.95. The summed E-state index contributed by atoms with van der Waals surface area (Å²) in [4.78, 5) is 4.52. The van der Waals surface area contributed by atoms with Crippen LogP contribution < -0.4 is 0 Å². The molecule has 2 nitrogen and oxygen atoms in total. The summed E-state index contributed by atoms with van der Waals surface area (Å²) in [6.45, 7) is 0.148. The quantitative estimate of drug-likeness (QED) is 0.853. The molecule has 0 radical (unpaired) electrons. The van der Waals surface area contributed by atoms with E-state index < -0.39 is 0 Å². The zero-order valence-corrected chi connectivity index (χ0v) is 13.6. The van der Waals surface area contributed by atoms with Crippen molar-refractivity contribution in [1.29, 1.82) is 0 Å². The average Bonchev–Trinajstić information content (AvgIpc) is 2.55. The van der Waals surface area contributed by atoms with Crippen LogP contribution >= 0.6 is 15.9 Å². The van der Waals surface area contributed by atoms with Crippen molar-refractivity contribution in [3.05, 3.63) is 46.1 Å². The number of rotatable bonds is 3. The van der Waals surface area contributed by atoms with E-state index in [4.69, 9.17) is 0 Å². The van der Waals surface area contributed by atoms with Crippen LogP contribution in [0.2, 0.25) is 0 Å². The van der Waals surface area contributed by atoms with Gasteiger partial charge in [-0.2, -0.15) is 0 Å². The first-order valence-electron chi connectivity index (χ1n) is 7.64. The molecule has 3 rings (SSSR count). The van der Waals surface area contributed by atoms with Crippen LogP contribution in [0.1, 0.15) is 37.7 Å². The maximum atomic E-state index is 9.77. The molecule has 1 aromatic carbocycles. The zero-order chi connectivity index (χ0) is 14.7. The highest BCUT2D eigenvalue weighted by Crippen LogP contribution is 2.32. The molecule has 1 saturated carbocycles. The van der Waals surface area contributed by atoms with Gasteiger partial charge in [0.15, 0.2) is 0 Å². The second-order valence-corrected chi connectivity index (χ2v) is 6.60. The van der Waals surface area contributed by atoms with Gasteiger partial charge in [-0.3, -0.25) is 4.98 Å². The van der Waals surface area contributed by atoms with Crippen molar-refractivity contribution in [1.82, 2.24) is 4.98 Å². The molecular weight excluding hydrogens is 326 g/mol. The van der Waals surface area contributed by atoms with E-state index in [1.807, 2.05) is 12.3 Å². The van der Waals surface area contributed by atoms with Gasteiger partial charge in [0.1, 0.15) is 0 Å². The van der Waals surface area contributed by atoms with E-state index in [-0.39, 0.29) is 6.61 Å². The van der Waals surface area contributed by atoms with Gasteiger partial charge in [0.05, 0.1) is 12.1 Å². The largest absolute Gasteiger partial charge is 0.392 e. The van der Waals surface area contributed by atoms with E-state index in [0.717, 1.165) is 26.5 Å². The third-order valence-corrected chi connectivity index (χ3v) is 5.09. The van der Waals surface area contributed by atoms with Crippen LogP contribution in [0.4, 0.5) is 0 Å². The van der Waals surface area contributed by atoms with Crippen LogP contribution in [0.5, 0.6) is 0 Å². The molecule has 1 heterocycles. The highest BCUT2D eigenvalue weighted by molar-refractivity contribution is 9.10. The molecule has 21 heavy (non-hydrogen) atoms. The molecule has 0 unspecified atom stereocenters. The molecule has 1 aliphatic rings. The molecule has 0 amide bonds. The van der Waals surface area contributed by atoms with Crippen molar-refractivity contribution in [3.8, 4) is 0 Å². The van der Waals surface area contributed by atoms with Gasteiger partial charge in [0.2, 0.25) is 0 Å². The van der Waals surface area contributed by atoms with E-state index in [1.54, 1.807) is 0 Å². The Hall–Kier alpha value is -1.19. The molecule has 1 aliphatic carbocycles. The molecule has 1 fully saturated rings. The van der Waals surface area contributed by atoms with Gasteiger partial charge in [0.25, 0.3) is 0 Å². The topological polar surface area (TPSA) is 33.1 Å². The second-order valence-electron chi connectivity index (χ2n) is 5.75. The minimum absolute atomic E-state index is 0.148. The fourth-order valence-electron chi connectivity index (χ4n) is 3.24. The highest BCUT2D eigenvalue weighted by Gasteiger charge is 2.17. The Morgan fingerprint density at radius 1 is 1.24 bits per heavy atom. The lowest BCUT2D eigenvalue weighted by Crippen LogP contribution is -2.11. The summed E-state index contributed by atoms with van der Waals surface area (Å²) in [5.74, 6) is 0.533. The standard InChI is InChI=1S/C18H20BrNO/c19-17-9-8-14(18-16(17)7-4-10-20-18)11-15(12-21)13-5-2-1-3-6-13/h4,7-11,13,21H,1-3,5-6,12H2/b15-11-. The van der Waals surface area contributed by atoms with E-state index in [0.29, 0.717) is 5.92 Å². The third kappa shape index (κ3) is 3.19. The van der Waals surface area contributed by atoms with Crippen LogP contribution in [0.15, 0.2) is 40.5 Å². The number of hydrogen-bond acceptors (Lipinski definition) is 2. The first kappa shape index (κ1) is 14.7. The summed E-state index contributed by atoms with van der Waals surface area (Å²) in [7, 11) is 0. The summed E-state index contributed by atoms with van der Waals surface area (Å²) in [5, 5.41) is 10.9. The van der Waals surface area contributed by atoms with Crippen molar-refractivity contribution >= 4 is 32.9 Å². The van der Waals surface area contributed by atoms with Crippen molar-refractivity contribution in [2.24, 2.45) is 5.92 Å². The summed E-state index contributed by atoms with van der Waals surface area (Å²) in [6.07, 6.45) is 10.3. The van der Waals surface area contributed by atoms with Crippen LogP contribution in [-0.4, -0.2) is 16.7 Å². The van der Waals surface area contributed by atoms with Gasteiger partial charge >= 0.3 is 0 Å². The minimum atomic E-state index is 0.148. The van der Waals surface area contributed by atoms with E-state index in [1.165, 1.54) is 32.1 Å². The van der Waals surface area contributed by atoms with Crippen LogP contribution in [0, 0.1) is 5.92 Å². The van der Waals surface area contributed by atoms with Crippen molar-refractivity contribution in [3.63, 3.8) is 0 Å². The summed E-state index contributed by atoms with van der Waals surface area (Å²) in [6, 6.07) is 8.17. The van der Waals surface area contributed by atoms with Gasteiger partial charge in [0, 0.05) is 21.6 Å². The summed E-state index contributed by atoms with van der Waals surface area (Å²) < 4.78 is 1.06. The number of aliphatic hydroxyl groups is 1. The number of nitrogens with zero attached hydrogens (tertiary/aromatic N) is 1. The van der Waals surface area contributed by atoms with Crippen molar-refractivity contribution in [2.45, 2.75) is 32.1 Å². The molecule has 0 bridgehead atoms. The highest BCUT2D eigenvalue weighted by atomic mass is 79.9. The molecular formula is C18H20BrNO. The Kier molecular flexibility index (Phi) is 4.71. The lowest BCUT2D eigenvalue weighted by molar-refractivity contribution is 0.295. The van der Waals surface area contributed by atoms with Crippen molar-refractivity contribution in [2.75, 3.05) is 6.61 Å². The zero-order valence-electron chi connectivity index (χ0n) is 12.1. The van der Waals surface area contributed by atoms with Gasteiger partial charge in [-0.25, -0.2) is 0 Å². The Labute approximate surface area is 134 Å². The van der Waals surface area contributed by atoms with Crippen LogP contribution in [0.25, 0.3) is 17.0 Å². The second kappa shape index (κ2) is 6.71. The number of aliphatic hydroxyl groups excluding tert-OH is 1. The molecule has 2 aromatic rings. The summed E-state index contributed by atoms with van der Waals surface area (Å²) >= 11 is 3.58. The first-order valence-corrected chi connectivity index (χ1v) is 8.43. The molecule has 1 N–H and O–H groups in total. The van der Waals surface area contributed by atoms with E-state index in [2.05, 4.69) is 45.2 Å². The number of halogens is 1. The Morgan fingerprint density at radius 3 is 2.81 bits per heavy atom. The fourth-order valence-corrected chi connectivity index (χ4v) is 3.69. The van der Waals surface area contributed by atoms with Crippen LogP contribution in [0.3, 0.4) is 0 Å². The van der Waals surface area contributed by atoms with Crippen molar-refractivity contribution < 1.29 is 5.11 Å². The first-order chi connectivity index (χ1) is 10.3. The van der Waals surface area contributed by atoms with Crippen LogP contribution in [-0.2, 0) is 0 Å². The molecule has 0 saturated heterocycles. The predicted molar refractivity (Wildman–Crippen MR) is 91.1 cm³/mol. The van der Waals surface area contributed by atoms with Gasteiger partial charge < -0.3 is 5.11 Å². The van der Waals surface area contributed by atoms with Gasteiger partial charge in [-0.1, -0.05) is 53.4 Å². The Morgan fingerprint density at radius 2 is 2.05 bits per heavy atom. The molecule has 0 atom stereocenters. The smallest absolute Gasteiger partial charge is 0.0785 e. The molecule has 0 spiro atoms.